The van der Waals surface area contributed by atoms with Gasteiger partial charge >= 0.3 is 5.97 Å². The van der Waals surface area contributed by atoms with Gasteiger partial charge in [-0.2, -0.15) is 0 Å². The number of esters is 1. The van der Waals surface area contributed by atoms with E-state index in [2.05, 4.69) is 4.98 Å². The molecule has 2 heterocycles. The van der Waals surface area contributed by atoms with Crippen molar-refractivity contribution >= 4 is 11.8 Å². The lowest BCUT2D eigenvalue weighted by Gasteiger charge is -2.04. The standard InChI is InChI=1S/C18H18FNO4/c1-4-23-18(22)14-10(3)20-9(2)13(14)15(21)17-16(24-17)11-5-7-12(19)8-6-11/h5-8,16-17,20H,4H2,1-3H3/t16-,17-/m1/s1. The van der Waals surface area contributed by atoms with Crippen molar-refractivity contribution in [3.05, 3.63) is 58.2 Å². The summed E-state index contributed by atoms with van der Waals surface area (Å²) in [5.74, 6) is -1.14. The van der Waals surface area contributed by atoms with E-state index in [9.17, 15) is 14.0 Å². The zero-order chi connectivity index (χ0) is 17.4. The minimum Gasteiger partial charge on any atom is -0.462 e. The third-order valence-corrected chi connectivity index (χ3v) is 4.05. The highest BCUT2D eigenvalue weighted by atomic mass is 19.1. The Bertz CT molecular complexity index is 794. The lowest BCUT2D eigenvalue weighted by atomic mass is 9.99. The number of H-pyrrole nitrogens is 1. The van der Waals surface area contributed by atoms with Crippen LogP contribution in [0.4, 0.5) is 4.39 Å². The Kier molecular flexibility index (Phi) is 4.24. The van der Waals surface area contributed by atoms with Crippen LogP contribution in [0.3, 0.4) is 0 Å². The Hall–Kier alpha value is -2.47. The van der Waals surface area contributed by atoms with Crippen LogP contribution in [0, 0.1) is 19.7 Å². The average molecular weight is 331 g/mol. The lowest BCUT2D eigenvalue weighted by Crippen LogP contribution is -2.15. The lowest BCUT2D eigenvalue weighted by molar-refractivity contribution is 0.0522. The first-order chi connectivity index (χ1) is 11.4. The minimum atomic E-state index is -0.669. The summed E-state index contributed by atoms with van der Waals surface area (Å²) in [4.78, 5) is 28.0. The maximum absolute atomic E-state index is 13.0. The molecule has 2 atom stereocenters. The summed E-state index contributed by atoms with van der Waals surface area (Å²) in [7, 11) is 0. The fourth-order valence-corrected chi connectivity index (χ4v) is 2.91. The molecule has 1 aliphatic heterocycles. The molecular weight excluding hydrogens is 313 g/mol. The molecule has 1 aromatic heterocycles. The Balaban J connectivity index is 1.86. The molecule has 0 unspecified atom stereocenters. The molecule has 3 rings (SSSR count). The molecule has 0 saturated carbocycles. The van der Waals surface area contributed by atoms with Gasteiger partial charge in [-0.1, -0.05) is 12.1 Å². The van der Waals surface area contributed by atoms with Gasteiger partial charge in [-0.25, -0.2) is 9.18 Å². The molecule has 0 spiro atoms. The van der Waals surface area contributed by atoms with Gasteiger partial charge < -0.3 is 14.5 Å². The molecule has 1 N–H and O–H groups in total. The van der Waals surface area contributed by atoms with Gasteiger partial charge in [0.15, 0.2) is 11.9 Å². The largest absolute Gasteiger partial charge is 0.462 e. The van der Waals surface area contributed by atoms with Crippen LogP contribution in [0.15, 0.2) is 24.3 Å². The van der Waals surface area contributed by atoms with Gasteiger partial charge in [-0.15, -0.1) is 0 Å². The highest BCUT2D eigenvalue weighted by molar-refractivity contribution is 6.11. The van der Waals surface area contributed by atoms with Gasteiger partial charge in [0, 0.05) is 11.4 Å². The zero-order valence-corrected chi connectivity index (χ0v) is 13.7. The van der Waals surface area contributed by atoms with Gasteiger partial charge in [0.2, 0.25) is 0 Å². The number of nitrogens with one attached hydrogen (secondary N) is 1. The van der Waals surface area contributed by atoms with Gasteiger partial charge in [0.05, 0.1) is 17.7 Å². The van der Waals surface area contributed by atoms with Crippen LogP contribution >= 0.6 is 0 Å². The number of hydrogen-bond donors (Lipinski definition) is 1. The fourth-order valence-electron chi connectivity index (χ4n) is 2.91. The number of benzene rings is 1. The van der Waals surface area contributed by atoms with Crippen molar-refractivity contribution in [3.63, 3.8) is 0 Å². The smallest absolute Gasteiger partial charge is 0.340 e. The molecule has 0 aliphatic carbocycles. The molecule has 1 aliphatic rings. The molecule has 0 bridgehead atoms. The highest BCUT2D eigenvalue weighted by Gasteiger charge is 2.48. The van der Waals surface area contributed by atoms with E-state index < -0.39 is 18.2 Å². The number of hydrogen-bond acceptors (Lipinski definition) is 4. The number of aromatic amines is 1. The summed E-state index contributed by atoms with van der Waals surface area (Å²) in [6, 6.07) is 5.84. The topological polar surface area (TPSA) is 71.7 Å². The van der Waals surface area contributed by atoms with E-state index in [1.54, 1.807) is 32.9 Å². The van der Waals surface area contributed by atoms with Gasteiger partial charge in [0.1, 0.15) is 11.9 Å². The number of ether oxygens (including phenoxy) is 2. The minimum absolute atomic E-state index is 0.230. The van der Waals surface area contributed by atoms with Crippen LogP contribution in [0.5, 0.6) is 0 Å². The summed E-state index contributed by atoms with van der Waals surface area (Å²) < 4.78 is 23.5. The first-order valence-corrected chi connectivity index (χ1v) is 7.75. The normalized spacial score (nSPS) is 19.2. The maximum atomic E-state index is 13.0. The molecule has 5 nitrogen and oxygen atoms in total. The molecule has 1 aromatic carbocycles. The van der Waals surface area contributed by atoms with Crippen molar-refractivity contribution in [2.75, 3.05) is 6.61 Å². The van der Waals surface area contributed by atoms with Gasteiger partial charge in [-0.05, 0) is 38.5 Å². The van der Waals surface area contributed by atoms with Crippen LogP contribution in [0.25, 0.3) is 0 Å². The van der Waals surface area contributed by atoms with E-state index in [-0.39, 0.29) is 23.8 Å². The number of Topliss-reactive ketones (excluding diaryl/α,β-unsaturated/α-hetero) is 1. The second-order valence-corrected chi connectivity index (χ2v) is 5.74. The van der Waals surface area contributed by atoms with E-state index >= 15 is 0 Å². The van der Waals surface area contributed by atoms with Crippen LogP contribution in [0.1, 0.15) is 50.7 Å². The third-order valence-electron chi connectivity index (χ3n) is 4.05. The first kappa shape index (κ1) is 16.4. The van der Waals surface area contributed by atoms with Crippen molar-refractivity contribution in [1.82, 2.24) is 4.98 Å². The number of epoxide rings is 1. The predicted octanol–water partition coefficient (Wildman–Crippen LogP) is 3.27. The van der Waals surface area contributed by atoms with E-state index in [1.807, 2.05) is 0 Å². The Morgan fingerprint density at radius 2 is 1.79 bits per heavy atom. The molecule has 0 amide bonds. The molecule has 24 heavy (non-hydrogen) atoms. The second kappa shape index (κ2) is 6.20. The number of rotatable bonds is 5. The molecule has 2 aromatic rings. The molecule has 6 heteroatoms. The number of carbonyl (C=O) groups excluding carboxylic acids is 2. The van der Waals surface area contributed by atoms with Crippen molar-refractivity contribution < 1.29 is 23.5 Å². The van der Waals surface area contributed by atoms with Crippen molar-refractivity contribution in [2.24, 2.45) is 0 Å². The van der Waals surface area contributed by atoms with Crippen LogP contribution in [-0.2, 0) is 9.47 Å². The Labute approximate surface area is 138 Å². The van der Waals surface area contributed by atoms with E-state index in [4.69, 9.17) is 9.47 Å². The summed E-state index contributed by atoms with van der Waals surface area (Å²) in [5, 5.41) is 0. The highest BCUT2D eigenvalue weighted by Crippen LogP contribution is 2.41. The van der Waals surface area contributed by atoms with Crippen molar-refractivity contribution in [3.8, 4) is 0 Å². The molecule has 126 valence electrons. The second-order valence-electron chi connectivity index (χ2n) is 5.74. The number of carbonyl (C=O) groups is 2. The molecule has 1 saturated heterocycles. The van der Waals surface area contributed by atoms with Gasteiger partial charge in [0.25, 0.3) is 0 Å². The fraction of sp³-hybridized carbons (Fsp3) is 0.333. The summed E-state index contributed by atoms with van der Waals surface area (Å²) >= 11 is 0. The maximum Gasteiger partial charge on any atom is 0.340 e. The number of aryl methyl sites for hydroxylation is 2. The first-order valence-electron chi connectivity index (χ1n) is 7.75. The molecule has 1 fully saturated rings. The number of aromatic nitrogens is 1. The SMILES string of the molecule is CCOC(=O)c1c(C)[nH]c(C)c1C(=O)[C@H]1O[C@@H]1c1ccc(F)cc1. The van der Waals surface area contributed by atoms with Crippen LogP contribution < -0.4 is 0 Å². The molecule has 0 radical (unpaired) electrons. The van der Waals surface area contributed by atoms with Crippen molar-refractivity contribution in [1.29, 1.82) is 0 Å². The molecular formula is C18H18FNO4. The quantitative estimate of drug-likeness (QED) is 0.518. The Morgan fingerprint density at radius 1 is 1.17 bits per heavy atom. The summed E-state index contributed by atoms with van der Waals surface area (Å²) in [5.41, 5.74) is 2.49. The zero-order valence-electron chi connectivity index (χ0n) is 13.7. The van der Waals surface area contributed by atoms with E-state index in [0.29, 0.717) is 17.0 Å². The van der Waals surface area contributed by atoms with Crippen LogP contribution in [-0.4, -0.2) is 29.4 Å². The van der Waals surface area contributed by atoms with Crippen LogP contribution in [0.2, 0.25) is 0 Å². The predicted molar refractivity (Wildman–Crippen MR) is 84.6 cm³/mol. The van der Waals surface area contributed by atoms with E-state index in [0.717, 1.165) is 5.56 Å². The van der Waals surface area contributed by atoms with Crippen molar-refractivity contribution in [2.45, 2.75) is 33.0 Å². The third kappa shape index (κ3) is 2.85. The monoisotopic (exact) mass is 331 g/mol. The summed E-state index contributed by atoms with van der Waals surface area (Å²) in [6.45, 7) is 5.40. The van der Waals surface area contributed by atoms with E-state index in [1.165, 1.54) is 12.1 Å². The summed E-state index contributed by atoms with van der Waals surface area (Å²) in [6.07, 6.45) is -1.08. The number of ketones is 1. The Morgan fingerprint density at radius 3 is 2.42 bits per heavy atom. The van der Waals surface area contributed by atoms with Gasteiger partial charge in [-0.3, -0.25) is 4.79 Å². The number of halogens is 1. The average Bonchev–Trinajstić information content (AvgIpc) is 3.27.